The number of hydrogen-bond acceptors (Lipinski definition) is 5. The highest BCUT2D eigenvalue weighted by Gasteiger charge is 2.58. The third kappa shape index (κ3) is 2.91. The average molecular weight is 449 g/mol. The Morgan fingerprint density at radius 1 is 1.06 bits per heavy atom. The molecular formula is C28H24N4O2. The maximum Gasteiger partial charge on any atom is 0.241 e. The van der Waals surface area contributed by atoms with E-state index in [0.29, 0.717) is 25.5 Å². The van der Waals surface area contributed by atoms with E-state index in [1.807, 2.05) is 64.7 Å². The maximum atomic E-state index is 13.9. The van der Waals surface area contributed by atoms with Crippen LogP contribution in [0.1, 0.15) is 11.3 Å². The Bertz CT molecular complexity index is 1430. The molecule has 2 aliphatic heterocycles. The van der Waals surface area contributed by atoms with Gasteiger partial charge in [0.15, 0.2) is 5.88 Å². The van der Waals surface area contributed by atoms with Gasteiger partial charge in [-0.15, -0.1) is 0 Å². The fourth-order valence-corrected chi connectivity index (χ4v) is 5.28. The van der Waals surface area contributed by atoms with Gasteiger partial charge in [-0.1, -0.05) is 48.5 Å². The summed E-state index contributed by atoms with van der Waals surface area (Å²) in [5.41, 5.74) is 4.28. The molecule has 0 atom stereocenters. The molecule has 1 amide bonds. The molecule has 2 aliphatic rings. The summed E-state index contributed by atoms with van der Waals surface area (Å²) in [5.74, 6) is 0.686. The first-order chi connectivity index (χ1) is 16.6. The van der Waals surface area contributed by atoms with Crippen LogP contribution >= 0.6 is 0 Å². The molecule has 0 saturated carbocycles. The molecule has 1 saturated heterocycles. The summed E-state index contributed by atoms with van der Waals surface area (Å²) in [6.07, 6.45) is 5.51. The number of hydrogen-bond donors (Lipinski definition) is 0. The molecule has 0 bridgehead atoms. The fourth-order valence-electron chi connectivity index (χ4n) is 5.28. The van der Waals surface area contributed by atoms with Gasteiger partial charge in [-0.3, -0.25) is 14.8 Å². The van der Waals surface area contributed by atoms with Crippen LogP contribution in [0.4, 0.5) is 5.69 Å². The predicted octanol–water partition coefficient (Wildman–Crippen LogP) is 4.51. The number of aromatic nitrogens is 2. The number of carbonyl (C=O) groups excluding carboxylic acids is 1. The zero-order valence-corrected chi connectivity index (χ0v) is 18.9. The topological polar surface area (TPSA) is 58.6 Å². The van der Waals surface area contributed by atoms with Crippen molar-refractivity contribution in [2.24, 2.45) is 0 Å². The molecular weight excluding hydrogens is 424 g/mol. The number of benzene rings is 2. The molecule has 1 spiro atoms. The summed E-state index contributed by atoms with van der Waals surface area (Å²) in [7, 11) is 1.61. The van der Waals surface area contributed by atoms with Crippen LogP contribution in [0.25, 0.3) is 21.9 Å². The summed E-state index contributed by atoms with van der Waals surface area (Å²) in [6, 6.07) is 20.3. The second-order valence-electron chi connectivity index (χ2n) is 8.85. The number of carbonyl (C=O) groups is 1. The third-order valence-corrected chi connectivity index (χ3v) is 7.01. The molecule has 0 radical (unpaired) electrons. The summed E-state index contributed by atoms with van der Waals surface area (Å²) in [5, 5.41) is 2.16. The van der Waals surface area contributed by atoms with Gasteiger partial charge in [0.2, 0.25) is 5.91 Å². The highest BCUT2D eigenvalue weighted by molar-refractivity contribution is 6.09. The number of fused-ring (bicyclic) bond motifs is 3. The SMILES string of the molecule is C=C(OC)N1CC2(C1)C(=O)N(Cc1ncc3ccccc3c1-c1cccnc1)c1ccccc12. The van der Waals surface area contributed by atoms with E-state index >= 15 is 0 Å². The van der Waals surface area contributed by atoms with Crippen LogP contribution in [0.15, 0.2) is 91.7 Å². The highest BCUT2D eigenvalue weighted by Crippen LogP contribution is 2.49. The first-order valence-corrected chi connectivity index (χ1v) is 11.3. The molecule has 2 aromatic carbocycles. The van der Waals surface area contributed by atoms with Crippen molar-refractivity contribution in [2.75, 3.05) is 25.1 Å². The van der Waals surface area contributed by atoms with Crippen molar-refractivity contribution in [1.29, 1.82) is 0 Å². The van der Waals surface area contributed by atoms with Crippen molar-refractivity contribution >= 4 is 22.4 Å². The Kier molecular flexibility index (Phi) is 4.62. The van der Waals surface area contributed by atoms with Gasteiger partial charge in [0.25, 0.3) is 0 Å². The van der Waals surface area contributed by atoms with Crippen LogP contribution in [0.3, 0.4) is 0 Å². The first kappa shape index (κ1) is 20.4. The summed E-state index contributed by atoms with van der Waals surface area (Å²) in [4.78, 5) is 27.0. The van der Waals surface area contributed by atoms with E-state index in [1.165, 1.54) is 0 Å². The maximum absolute atomic E-state index is 13.9. The van der Waals surface area contributed by atoms with E-state index in [9.17, 15) is 4.79 Å². The van der Waals surface area contributed by atoms with Gasteiger partial charge in [-0.05, 0) is 29.7 Å². The molecule has 0 N–H and O–H groups in total. The minimum atomic E-state index is -0.580. The van der Waals surface area contributed by atoms with E-state index in [1.54, 1.807) is 13.3 Å². The van der Waals surface area contributed by atoms with Crippen molar-refractivity contribution < 1.29 is 9.53 Å². The lowest BCUT2D eigenvalue weighted by molar-refractivity contribution is -0.129. The number of nitrogens with zero attached hydrogens (tertiary/aromatic N) is 4. The molecule has 168 valence electrons. The van der Waals surface area contributed by atoms with Gasteiger partial charge in [0, 0.05) is 53.9 Å². The van der Waals surface area contributed by atoms with Crippen molar-refractivity contribution in [1.82, 2.24) is 14.9 Å². The Balaban J connectivity index is 1.44. The van der Waals surface area contributed by atoms with Crippen molar-refractivity contribution in [3.63, 3.8) is 0 Å². The van der Waals surface area contributed by atoms with Crippen LogP contribution in [0.2, 0.25) is 0 Å². The number of methoxy groups -OCH3 is 1. The lowest BCUT2D eigenvalue weighted by atomic mass is 9.74. The largest absolute Gasteiger partial charge is 0.483 e. The minimum absolute atomic E-state index is 0.0981. The van der Waals surface area contributed by atoms with Gasteiger partial charge >= 0.3 is 0 Å². The number of para-hydroxylation sites is 1. The van der Waals surface area contributed by atoms with Crippen LogP contribution in [0, 0.1) is 0 Å². The molecule has 6 nitrogen and oxygen atoms in total. The normalized spacial score (nSPS) is 16.0. The molecule has 1 fully saturated rings. The fraction of sp³-hybridized carbons (Fsp3) is 0.179. The Labute approximate surface area is 198 Å². The zero-order valence-electron chi connectivity index (χ0n) is 18.9. The van der Waals surface area contributed by atoms with E-state index in [-0.39, 0.29) is 5.91 Å². The van der Waals surface area contributed by atoms with Crippen LogP contribution < -0.4 is 4.90 Å². The molecule has 4 aromatic rings. The van der Waals surface area contributed by atoms with Gasteiger partial charge in [0.1, 0.15) is 5.41 Å². The molecule has 34 heavy (non-hydrogen) atoms. The van der Waals surface area contributed by atoms with Gasteiger partial charge < -0.3 is 14.5 Å². The van der Waals surface area contributed by atoms with Crippen LogP contribution in [0.5, 0.6) is 0 Å². The second-order valence-corrected chi connectivity index (χ2v) is 8.85. The molecule has 2 aromatic heterocycles. The summed E-state index contributed by atoms with van der Waals surface area (Å²) < 4.78 is 5.30. The number of amides is 1. The highest BCUT2D eigenvalue weighted by atomic mass is 16.5. The quantitative estimate of drug-likeness (QED) is 0.421. The number of anilines is 1. The predicted molar refractivity (Wildman–Crippen MR) is 132 cm³/mol. The van der Waals surface area contributed by atoms with Gasteiger partial charge in [0.05, 0.1) is 19.3 Å². The lowest BCUT2D eigenvalue weighted by Gasteiger charge is -2.47. The van der Waals surface area contributed by atoms with E-state index < -0.39 is 5.41 Å². The van der Waals surface area contributed by atoms with E-state index in [0.717, 1.165) is 38.8 Å². The summed E-state index contributed by atoms with van der Waals surface area (Å²) in [6.45, 7) is 5.47. The third-order valence-electron chi connectivity index (χ3n) is 7.01. The van der Waals surface area contributed by atoms with Crippen molar-refractivity contribution in [3.8, 4) is 11.1 Å². The lowest BCUT2D eigenvalue weighted by Crippen LogP contribution is -2.63. The standard InChI is InChI=1S/C28H24N4O2/c1-19(34-2)31-17-28(18-31)23-11-5-6-12-25(23)32(27(28)33)16-24-26(21-9-7-13-29-14-21)22-10-4-3-8-20(22)15-30-24/h3-15H,1,16-18H2,2H3. The number of likely N-dealkylation sites (tertiary alicyclic amines) is 1. The number of pyridine rings is 2. The minimum Gasteiger partial charge on any atom is -0.483 e. The van der Waals surface area contributed by atoms with E-state index in [2.05, 4.69) is 29.8 Å². The average Bonchev–Trinajstić information content (AvgIpc) is 3.11. The van der Waals surface area contributed by atoms with Crippen molar-refractivity contribution in [3.05, 3.63) is 103 Å². The second kappa shape index (κ2) is 7.70. The summed E-state index contributed by atoms with van der Waals surface area (Å²) >= 11 is 0. The van der Waals surface area contributed by atoms with Crippen LogP contribution in [-0.2, 0) is 21.5 Å². The Hall–Kier alpha value is -4.19. The van der Waals surface area contributed by atoms with E-state index in [4.69, 9.17) is 9.72 Å². The molecule has 4 heterocycles. The molecule has 6 heteroatoms. The monoisotopic (exact) mass is 448 g/mol. The first-order valence-electron chi connectivity index (χ1n) is 11.3. The number of rotatable bonds is 5. The smallest absolute Gasteiger partial charge is 0.241 e. The molecule has 0 aliphatic carbocycles. The molecule has 6 rings (SSSR count). The van der Waals surface area contributed by atoms with Gasteiger partial charge in [-0.25, -0.2) is 0 Å². The molecule has 0 unspecified atom stereocenters. The zero-order chi connectivity index (χ0) is 23.3. The Morgan fingerprint density at radius 3 is 2.65 bits per heavy atom. The van der Waals surface area contributed by atoms with Crippen LogP contribution in [-0.4, -0.2) is 41.0 Å². The Morgan fingerprint density at radius 2 is 1.85 bits per heavy atom. The van der Waals surface area contributed by atoms with Gasteiger partial charge in [-0.2, -0.15) is 0 Å². The number of ether oxygens (including phenoxy) is 1. The van der Waals surface area contributed by atoms with Crippen molar-refractivity contribution in [2.45, 2.75) is 12.0 Å².